The molecule has 0 aliphatic rings. The van der Waals surface area contributed by atoms with Crippen LogP contribution in [0.25, 0.3) is 0 Å². The number of aryl methyl sites for hydroxylation is 1. The van der Waals surface area contributed by atoms with Gasteiger partial charge in [-0.05, 0) is 52.6 Å². The maximum Gasteiger partial charge on any atom is 0.0683 e. The first-order chi connectivity index (χ1) is 8.44. The zero-order chi connectivity index (χ0) is 13.6. The van der Waals surface area contributed by atoms with Crippen LogP contribution in [-0.2, 0) is 0 Å². The van der Waals surface area contributed by atoms with Crippen molar-refractivity contribution in [1.29, 1.82) is 5.26 Å². The number of nitrogens with one attached hydrogen (secondary N) is 1. The van der Waals surface area contributed by atoms with Crippen LogP contribution < -0.4 is 5.32 Å². The van der Waals surface area contributed by atoms with Gasteiger partial charge >= 0.3 is 0 Å². The third kappa shape index (κ3) is 4.89. The molecule has 1 atom stereocenters. The molecule has 1 aromatic rings. The van der Waals surface area contributed by atoms with Gasteiger partial charge in [-0.2, -0.15) is 5.26 Å². The van der Waals surface area contributed by atoms with E-state index in [2.05, 4.69) is 49.5 Å². The van der Waals surface area contributed by atoms with E-state index in [1.54, 1.807) is 0 Å². The third-order valence-electron chi connectivity index (χ3n) is 3.31. The Morgan fingerprint density at radius 1 is 1.28 bits per heavy atom. The van der Waals surface area contributed by atoms with Crippen molar-refractivity contribution in [2.24, 2.45) is 5.41 Å². The number of rotatable bonds is 6. The molecule has 0 saturated carbocycles. The summed E-state index contributed by atoms with van der Waals surface area (Å²) >= 11 is 0. The average molecular weight is 244 g/mol. The van der Waals surface area contributed by atoms with E-state index in [9.17, 15) is 0 Å². The summed E-state index contributed by atoms with van der Waals surface area (Å²) in [5, 5.41) is 12.4. The highest BCUT2D eigenvalue weighted by atomic mass is 14.9. The van der Waals surface area contributed by atoms with E-state index in [1.165, 1.54) is 11.1 Å². The summed E-state index contributed by atoms with van der Waals surface area (Å²) in [6, 6.07) is 11.3. The van der Waals surface area contributed by atoms with E-state index >= 15 is 0 Å². The number of hydrogen-bond donors (Lipinski definition) is 1. The molecule has 1 N–H and O–H groups in total. The topological polar surface area (TPSA) is 35.8 Å². The van der Waals surface area contributed by atoms with E-state index in [-0.39, 0.29) is 5.41 Å². The Labute approximate surface area is 111 Å². The summed E-state index contributed by atoms with van der Waals surface area (Å²) in [6.07, 6.45) is 1.98. The van der Waals surface area contributed by atoms with E-state index < -0.39 is 0 Å². The molecule has 1 aromatic carbocycles. The van der Waals surface area contributed by atoms with Gasteiger partial charge in [-0.3, -0.25) is 0 Å². The van der Waals surface area contributed by atoms with Gasteiger partial charge in [-0.15, -0.1) is 0 Å². The van der Waals surface area contributed by atoms with Gasteiger partial charge < -0.3 is 5.32 Å². The Kier molecular flexibility index (Phi) is 5.37. The molecule has 98 valence electrons. The second-order valence-electron chi connectivity index (χ2n) is 5.69. The van der Waals surface area contributed by atoms with Crippen molar-refractivity contribution >= 4 is 0 Å². The van der Waals surface area contributed by atoms with Crippen LogP contribution >= 0.6 is 0 Å². The predicted molar refractivity (Wildman–Crippen MR) is 76.2 cm³/mol. The highest BCUT2D eigenvalue weighted by Gasteiger charge is 2.15. The summed E-state index contributed by atoms with van der Waals surface area (Å²) in [4.78, 5) is 0. The van der Waals surface area contributed by atoms with E-state index in [1.807, 2.05) is 13.8 Å². The standard InChI is InChI=1S/C16H24N2/c1-13-6-8-15(9-7-13)14(2)18-11-5-10-16(3,4)12-17/h6-9,14,18H,5,10-11H2,1-4H3/t14-/m1/s1. The Hall–Kier alpha value is -1.33. The largest absolute Gasteiger partial charge is 0.310 e. The smallest absolute Gasteiger partial charge is 0.0683 e. The summed E-state index contributed by atoms with van der Waals surface area (Å²) in [5.74, 6) is 0. The van der Waals surface area contributed by atoms with Gasteiger partial charge in [0.1, 0.15) is 0 Å². The first-order valence-corrected chi connectivity index (χ1v) is 6.66. The minimum atomic E-state index is -0.200. The minimum Gasteiger partial charge on any atom is -0.310 e. The van der Waals surface area contributed by atoms with Crippen LogP contribution in [0, 0.1) is 23.7 Å². The van der Waals surface area contributed by atoms with Crippen LogP contribution in [0.1, 0.15) is 50.8 Å². The van der Waals surface area contributed by atoms with Crippen molar-refractivity contribution in [1.82, 2.24) is 5.32 Å². The highest BCUT2D eigenvalue weighted by Crippen LogP contribution is 2.20. The molecule has 0 aromatic heterocycles. The predicted octanol–water partition coefficient (Wildman–Crippen LogP) is 3.98. The summed E-state index contributed by atoms with van der Waals surface area (Å²) in [5.41, 5.74) is 2.41. The molecule has 0 amide bonds. The van der Waals surface area contributed by atoms with Crippen molar-refractivity contribution in [3.63, 3.8) is 0 Å². The fraction of sp³-hybridized carbons (Fsp3) is 0.562. The number of nitriles is 1. The molecule has 18 heavy (non-hydrogen) atoms. The number of nitrogens with zero attached hydrogens (tertiary/aromatic N) is 1. The van der Waals surface area contributed by atoms with Gasteiger partial charge in [0.2, 0.25) is 0 Å². The first kappa shape index (κ1) is 14.7. The molecule has 0 aliphatic heterocycles. The van der Waals surface area contributed by atoms with Crippen molar-refractivity contribution in [2.45, 2.75) is 46.6 Å². The van der Waals surface area contributed by atoms with Gasteiger partial charge in [0, 0.05) is 6.04 Å². The van der Waals surface area contributed by atoms with Crippen molar-refractivity contribution in [3.8, 4) is 6.07 Å². The molecule has 0 aliphatic carbocycles. The molecule has 0 bridgehead atoms. The molecule has 1 rings (SSSR count). The van der Waals surface area contributed by atoms with Crippen molar-refractivity contribution in [3.05, 3.63) is 35.4 Å². The van der Waals surface area contributed by atoms with Crippen LogP contribution in [0.2, 0.25) is 0 Å². The number of benzene rings is 1. The Morgan fingerprint density at radius 3 is 2.44 bits per heavy atom. The molecule has 2 heteroatoms. The first-order valence-electron chi connectivity index (χ1n) is 6.66. The second kappa shape index (κ2) is 6.56. The van der Waals surface area contributed by atoms with Gasteiger partial charge in [-0.1, -0.05) is 29.8 Å². The summed E-state index contributed by atoms with van der Waals surface area (Å²) < 4.78 is 0. The van der Waals surface area contributed by atoms with E-state index in [0.29, 0.717) is 6.04 Å². The molecule has 0 saturated heterocycles. The maximum absolute atomic E-state index is 8.94. The zero-order valence-corrected chi connectivity index (χ0v) is 12.0. The normalized spacial score (nSPS) is 13.1. The molecular formula is C16H24N2. The summed E-state index contributed by atoms with van der Waals surface area (Å²) in [6.45, 7) is 9.24. The van der Waals surface area contributed by atoms with Crippen LogP contribution in [0.15, 0.2) is 24.3 Å². The fourth-order valence-electron chi connectivity index (χ4n) is 1.88. The molecule has 0 radical (unpaired) electrons. The third-order valence-corrected chi connectivity index (χ3v) is 3.31. The molecule has 0 unspecified atom stereocenters. The van der Waals surface area contributed by atoms with Gasteiger partial charge in [-0.25, -0.2) is 0 Å². The Balaban J connectivity index is 2.32. The summed E-state index contributed by atoms with van der Waals surface area (Å²) in [7, 11) is 0. The lowest BCUT2D eigenvalue weighted by molar-refractivity contribution is 0.417. The molecular weight excluding hydrogens is 220 g/mol. The van der Waals surface area contributed by atoms with Gasteiger partial charge in [0.25, 0.3) is 0 Å². The quantitative estimate of drug-likeness (QED) is 0.768. The van der Waals surface area contributed by atoms with Crippen molar-refractivity contribution in [2.75, 3.05) is 6.54 Å². The fourth-order valence-corrected chi connectivity index (χ4v) is 1.88. The second-order valence-corrected chi connectivity index (χ2v) is 5.69. The SMILES string of the molecule is Cc1ccc([C@@H](C)NCCCC(C)(C)C#N)cc1. The highest BCUT2D eigenvalue weighted by molar-refractivity contribution is 5.23. The Morgan fingerprint density at radius 2 is 1.89 bits per heavy atom. The molecule has 0 fully saturated rings. The van der Waals surface area contributed by atoms with Crippen LogP contribution in [0.5, 0.6) is 0 Å². The monoisotopic (exact) mass is 244 g/mol. The van der Waals surface area contributed by atoms with E-state index in [4.69, 9.17) is 5.26 Å². The van der Waals surface area contributed by atoms with Crippen LogP contribution in [0.3, 0.4) is 0 Å². The average Bonchev–Trinajstić information content (AvgIpc) is 2.35. The molecule has 0 heterocycles. The molecule has 0 spiro atoms. The van der Waals surface area contributed by atoms with Gasteiger partial charge in [0.05, 0.1) is 11.5 Å². The lowest BCUT2D eigenvalue weighted by Gasteiger charge is -2.17. The maximum atomic E-state index is 8.94. The Bertz CT molecular complexity index is 398. The number of hydrogen-bond acceptors (Lipinski definition) is 2. The lowest BCUT2D eigenvalue weighted by atomic mass is 9.90. The minimum absolute atomic E-state index is 0.200. The van der Waals surface area contributed by atoms with Crippen LogP contribution in [-0.4, -0.2) is 6.54 Å². The molecule has 2 nitrogen and oxygen atoms in total. The zero-order valence-electron chi connectivity index (χ0n) is 12.0. The lowest BCUT2D eigenvalue weighted by Crippen LogP contribution is -2.21. The van der Waals surface area contributed by atoms with Gasteiger partial charge in [0.15, 0.2) is 0 Å². The van der Waals surface area contributed by atoms with E-state index in [0.717, 1.165) is 19.4 Å². The van der Waals surface area contributed by atoms with Crippen molar-refractivity contribution < 1.29 is 0 Å². The van der Waals surface area contributed by atoms with Crippen LogP contribution in [0.4, 0.5) is 0 Å².